The summed E-state index contributed by atoms with van der Waals surface area (Å²) in [6.45, 7) is 1.63. The number of para-hydroxylation sites is 1. The molecule has 1 heterocycles. The fourth-order valence-electron chi connectivity index (χ4n) is 2.57. The number of amides is 1. The van der Waals surface area contributed by atoms with Crippen molar-refractivity contribution in [2.75, 3.05) is 19.7 Å². The molecule has 7 heteroatoms. The third-order valence-electron chi connectivity index (χ3n) is 3.66. The van der Waals surface area contributed by atoms with E-state index < -0.39 is 30.4 Å². The van der Waals surface area contributed by atoms with Crippen molar-refractivity contribution in [2.45, 2.75) is 25.9 Å². The Morgan fingerprint density at radius 2 is 2.14 bits per heavy atom. The highest BCUT2D eigenvalue weighted by Crippen LogP contribution is 2.34. The Bertz CT molecular complexity index is 545. The Morgan fingerprint density at radius 3 is 2.77 bits per heavy atom. The van der Waals surface area contributed by atoms with E-state index in [0.29, 0.717) is 0 Å². The topological polar surface area (TPSA) is 29.5 Å². The second kappa shape index (κ2) is 6.54. The highest BCUT2D eigenvalue weighted by atomic mass is 19.4. The van der Waals surface area contributed by atoms with Crippen molar-refractivity contribution in [3.05, 3.63) is 29.6 Å². The molecule has 1 aliphatic heterocycles. The van der Waals surface area contributed by atoms with E-state index in [0.717, 1.165) is 11.0 Å². The van der Waals surface area contributed by atoms with E-state index in [2.05, 4.69) is 0 Å². The number of hydrogen-bond acceptors (Lipinski definition) is 2. The van der Waals surface area contributed by atoms with Crippen LogP contribution in [-0.2, 0) is 0 Å². The van der Waals surface area contributed by atoms with E-state index >= 15 is 0 Å². The molecule has 2 rings (SSSR count). The van der Waals surface area contributed by atoms with Crippen LogP contribution in [0.2, 0.25) is 0 Å². The molecule has 22 heavy (non-hydrogen) atoms. The van der Waals surface area contributed by atoms with E-state index in [1.807, 2.05) is 0 Å². The molecule has 0 aliphatic carbocycles. The first kappa shape index (κ1) is 16.6. The normalized spacial score (nSPS) is 19.1. The van der Waals surface area contributed by atoms with Crippen molar-refractivity contribution in [1.82, 2.24) is 4.90 Å². The summed E-state index contributed by atoms with van der Waals surface area (Å²) in [5.41, 5.74) is -0.0373. The van der Waals surface area contributed by atoms with Gasteiger partial charge in [0.2, 0.25) is 0 Å². The monoisotopic (exact) mass is 319 g/mol. The fraction of sp³-hybridized carbons (Fsp3) is 0.533. The molecule has 1 aromatic rings. The Labute approximate surface area is 125 Å². The maximum absolute atomic E-state index is 13.8. The molecule has 1 atom stereocenters. The summed E-state index contributed by atoms with van der Waals surface area (Å²) in [5.74, 6) is -3.06. The van der Waals surface area contributed by atoms with Gasteiger partial charge in [-0.3, -0.25) is 4.79 Å². The molecule has 0 bridgehead atoms. The average molecular weight is 319 g/mol. The molecular weight excluding hydrogens is 302 g/mol. The standard InChI is InChI=1S/C15H17F4NO2/c1-2-22-13-11(6-3-7-12(13)16)14(21)20-8-4-5-10(9-20)15(17,18)19/h3,6-7,10H,2,4-5,8-9H2,1H3/t10-/m0/s1. The first-order chi connectivity index (χ1) is 10.3. The number of halogens is 4. The van der Waals surface area contributed by atoms with E-state index in [9.17, 15) is 22.4 Å². The molecule has 1 fully saturated rings. The fourth-order valence-corrected chi connectivity index (χ4v) is 2.57. The van der Waals surface area contributed by atoms with Gasteiger partial charge in [-0.15, -0.1) is 0 Å². The van der Waals surface area contributed by atoms with Crippen molar-refractivity contribution in [3.63, 3.8) is 0 Å². The average Bonchev–Trinajstić information content (AvgIpc) is 2.48. The minimum absolute atomic E-state index is 0.00868. The van der Waals surface area contributed by atoms with Crippen LogP contribution < -0.4 is 4.74 Å². The van der Waals surface area contributed by atoms with Crippen LogP contribution in [0.3, 0.4) is 0 Å². The lowest BCUT2D eigenvalue weighted by molar-refractivity contribution is -0.184. The van der Waals surface area contributed by atoms with Crippen LogP contribution in [0.25, 0.3) is 0 Å². The number of likely N-dealkylation sites (tertiary alicyclic amines) is 1. The number of rotatable bonds is 3. The predicted molar refractivity (Wildman–Crippen MR) is 72.3 cm³/mol. The van der Waals surface area contributed by atoms with E-state index in [1.54, 1.807) is 6.92 Å². The summed E-state index contributed by atoms with van der Waals surface area (Å²) in [6.07, 6.45) is -4.05. The third-order valence-corrected chi connectivity index (χ3v) is 3.66. The van der Waals surface area contributed by atoms with Gasteiger partial charge in [-0.05, 0) is 31.9 Å². The Morgan fingerprint density at radius 1 is 1.41 bits per heavy atom. The van der Waals surface area contributed by atoms with Crippen molar-refractivity contribution in [3.8, 4) is 5.75 Å². The Hall–Kier alpha value is -1.79. The second-order valence-corrected chi connectivity index (χ2v) is 5.18. The third kappa shape index (κ3) is 3.51. The van der Waals surface area contributed by atoms with Gasteiger partial charge >= 0.3 is 6.18 Å². The number of carbonyl (C=O) groups is 1. The summed E-state index contributed by atoms with van der Waals surface area (Å²) >= 11 is 0. The van der Waals surface area contributed by atoms with E-state index in [4.69, 9.17) is 4.74 Å². The molecule has 0 spiro atoms. The van der Waals surface area contributed by atoms with Crippen LogP contribution in [0.4, 0.5) is 17.6 Å². The lowest BCUT2D eigenvalue weighted by Gasteiger charge is -2.34. The number of benzene rings is 1. The molecule has 0 unspecified atom stereocenters. The van der Waals surface area contributed by atoms with Crippen LogP contribution in [0.15, 0.2) is 18.2 Å². The second-order valence-electron chi connectivity index (χ2n) is 5.18. The molecule has 0 aromatic heterocycles. The molecule has 0 radical (unpaired) electrons. The van der Waals surface area contributed by atoms with Crippen molar-refractivity contribution in [1.29, 1.82) is 0 Å². The number of alkyl halides is 3. The van der Waals surface area contributed by atoms with Gasteiger partial charge in [-0.1, -0.05) is 6.07 Å². The summed E-state index contributed by atoms with van der Waals surface area (Å²) < 4.78 is 57.3. The highest BCUT2D eigenvalue weighted by Gasteiger charge is 2.43. The number of nitrogens with zero attached hydrogens (tertiary/aromatic N) is 1. The number of carbonyl (C=O) groups excluding carboxylic acids is 1. The Balaban J connectivity index is 2.23. The van der Waals surface area contributed by atoms with Crippen molar-refractivity contribution in [2.24, 2.45) is 5.92 Å². The smallest absolute Gasteiger partial charge is 0.393 e. The van der Waals surface area contributed by atoms with Gasteiger partial charge in [0.1, 0.15) is 0 Å². The highest BCUT2D eigenvalue weighted by molar-refractivity contribution is 5.97. The first-order valence-electron chi connectivity index (χ1n) is 7.12. The zero-order chi connectivity index (χ0) is 16.3. The number of hydrogen-bond donors (Lipinski definition) is 0. The number of ether oxygens (including phenoxy) is 1. The van der Waals surface area contributed by atoms with Gasteiger partial charge in [-0.25, -0.2) is 4.39 Å². The molecule has 0 N–H and O–H groups in total. The van der Waals surface area contributed by atoms with Crippen LogP contribution in [0.1, 0.15) is 30.1 Å². The molecule has 1 saturated heterocycles. The lowest BCUT2D eigenvalue weighted by Crippen LogP contribution is -2.44. The minimum atomic E-state index is -4.33. The molecule has 3 nitrogen and oxygen atoms in total. The minimum Gasteiger partial charge on any atom is -0.490 e. The predicted octanol–water partition coefficient (Wildman–Crippen LogP) is 3.64. The van der Waals surface area contributed by atoms with Gasteiger partial charge in [0.15, 0.2) is 11.6 Å². The SMILES string of the molecule is CCOc1c(F)cccc1C(=O)N1CCC[C@H](C(F)(F)F)C1. The number of piperidine rings is 1. The van der Waals surface area contributed by atoms with Crippen LogP contribution in [0, 0.1) is 11.7 Å². The zero-order valence-electron chi connectivity index (χ0n) is 12.1. The Kier molecular flexibility index (Phi) is 4.93. The van der Waals surface area contributed by atoms with Gasteiger partial charge in [-0.2, -0.15) is 13.2 Å². The van der Waals surface area contributed by atoms with Gasteiger partial charge in [0.05, 0.1) is 18.1 Å². The molecule has 1 amide bonds. The van der Waals surface area contributed by atoms with Gasteiger partial charge in [0.25, 0.3) is 5.91 Å². The summed E-state index contributed by atoms with van der Waals surface area (Å²) in [7, 11) is 0. The summed E-state index contributed by atoms with van der Waals surface area (Å²) in [4.78, 5) is 13.6. The van der Waals surface area contributed by atoms with Gasteiger partial charge < -0.3 is 9.64 Å². The lowest BCUT2D eigenvalue weighted by atomic mass is 9.97. The van der Waals surface area contributed by atoms with Crippen molar-refractivity contribution >= 4 is 5.91 Å². The molecule has 122 valence electrons. The maximum atomic E-state index is 13.8. The molecule has 1 aromatic carbocycles. The maximum Gasteiger partial charge on any atom is 0.393 e. The molecule has 0 saturated carbocycles. The summed E-state index contributed by atoms with van der Waals surface area (Å²) in [5, 5.41) is 0. The van der Waals surface area contributed by atoms with Gasteiger partial charge in [0, 0.05) is 13.1 Å². The quantitative estimate of drug-likeness (QED) is 0.796. The summed E-state index contributed by atoms with van der Waals surface area (Å²) in [6, 6.07) is 3.86. The van der Waals surface area contributed by atoms with Crippen LogP contribution in [0.5, 0.6) is 5.75 Å². The van der Waals surface area contributed by atoms with E-state index in [1.165, 1.54) is 12.1 Å². The first-order valence-corrected chi connectivity index (χ1v) is 7.12. The molecular formula is C15H17F4NO2. The van der Waals surface area contributed by atoms with Crippen LogP contribution in [-0.4, -0.2) is 36.7 Å². The molecule has 1 aliphatic rings. The van der Waals surface area contributed by atoms with E-state index in [-0.39, 0.29) is 37.3 Å². The zero-order valence-corrected chi connectivity index (χ0v) is 12.1. The largest absolute Gasteiger partial charge is 0.490 e. The van der Waals surface area contributed by atoms with Crippen molar-refractivity contribution < 1.29 is 27.1 Å². The van der Waals surface area contributed by atoms with Crippen LogP contribution >= 0.6 is 0 Å².